The van der Waals surface area contributed by atoms with Crippen molar-refractivity contribution in [2.24, 2.45) is 11.1 Å². The predicted octanol–water partition coefficient (Wildman–Crippen LogP) is 2.84. The Balaban J connectivity index is 2.82. The van der Waals surface area contributed by atoms with Crippen molar-refractivity contribution in [1.82, 2.24) is 0 Å². The summed E-state index contributed by atoms with van der Waals surface area (Å²) in [5, 5.41) is 7.58. The van der Waals surface area contributed by atoms with E-state index in [9.17, 15) is 0 Å². The standard InChI is InChI=1S/C14H23N3/c1-14(2,3)9-10-17(4)12-8-6-5-7-11(12)13(15)16/h5-8H,9-10H2,1-4H3,(H3,15,16). The predicted molar refractivity (Wildman–Crippen MR) is 74.8 cm³/mol. The lowest BCUT2D eigenvalue weighted by Gasteiger charge is -2.26. The lowest BCUT2D eigenvalue weighted by atomic mass is 9.92. The first-order chi connectivity index (χ1) is 7.81. The minimum Gasteiger partial charge on any atom is -0.384 e. The SMILES string of the molecule is CN(CCC(C)(C)C)c1ccccc1C(=N)N. The second kappa shape index (κ2) is 5.21. The van der Waals surface area contributed by atoms with E-state index in [0.717, 1.165) is 24.2 Å². The normalized spacial score (nSPS) is 11.3. The molecule has 0 fully saturated rings. The van der Waals surface area contributed by atoms with Gasteiger partial charge in [0.05, 0.1) is 0 Å². The molecule has 1 rings (SSSR count). The molecule has 3 nitrogen and oxygen atoms in total. The summed E-state index contributed by atoms with van der Waals surface area (Å²) >= 11 is 0. The fourth-order valence-corrected chi connectivity index (χ4v) is 1.66. The Bertz CT molecular complexity index is 391. The molecular weight excluding hydrogens is 210 g/mol. The minimum absolute atomic E-state index is 0.128. The number of rotatable bonds is 4. The molecule has 0 aliphatic carbocycles. The van der Waals surface area contributed by atoms with E-state index in [2.05, 4.69) is 25.7 Å². The van der Waals surface area contributed by atoms with E-state index in [1.165, 1.54) is 0 Å². The van der Waals surface area contributed by atoms with Crippen LogP contribution in [0.4, 0.5) is 5.69 Å². The molecule has 0 heterocycles. The zero-order valence-electron chi connectivity index (χ0n) is 11.2. The molecule has 94 valence electrons. The first-order valence-corrected chi connectivity index (χ1v) is 5.96. The third-order valence-electron chi connectivity index (χ3n) is 2.80. The molecule has 0 saturated carbocycles. The second-order valence-corrected chi connectivity index (χ2v) is 5.66. The summed E-state index contributed by atoms with van der Waals surface area (Å²) in [5.41, 5.74) is 7.75. The number of hydrogen-bond donors (Lipinski definition) is 2. The van der Waals surface area contributed by atoms with Gasteiger partial charge >= 0.3 is 0 Å². The molecule has 0 radical (unpaired) electrons. The van der Waals surface area contributed by atoms with Crippen molar-refractivity contribution in [2.45, 2.75) is 27.2 Å². The molecule has 0 aromatic heterocycles. The van der Waals surface area contributed by atoms with E-state index in [1.54, 1.807) is 0 Å². The van der Waals surface area contributed by atoms with Crippen molar-refractivity contribution in [1.29, 1.82) is 5.41 Å². The highest BCUT2D eigenvalue weighted by atomic mass is 15.1. The van der Waals surface area contributed by atoms with E-state index in [4.69, 9.17) is 11.1 Å². The van der Waals surface area contributed by atoms with Gasteiger partial charge in [0.2, 0.25) is 0 Å². The summed E-state index contributed by atoms with van der Waals surface area (Å²) in [5.74, 6) is 0.128. The van der Waals surface area contributed by atoms with Crippen LogP contribution in [0.15, 0.2) is 24.3 Å². The maximum atomic E-state index is 7.58. The Kier molecular flexibility index (Phi) is 4.16. The highest BCUT2D eigenvalue weighted by molar-refractivity contribution is 6.00. The monoisotopic (exact) mass is 233 g/mol. The summed E-state index contributed by atoms with van der Waals surface area (Å²) in [7, 11) is 2.05. The van der Waals surface area contributed by atoms with Crippen LogP contribution in [0, 0.1) is 10.8 Å². The molecule has 0 bridgehead atoms. The highest BCUT2D eigenvalue weighted by Gasteiger charge is 2.13. The van der Waals surface area contributed by atoms with Crippen molar-refractivity contribution < 1.29 is 0 Å². The van der Waals surface area contributed by atoms with Gasteiger partial charge in [-0.15, -0.1) is 0 Å². The average Bonchev–Trinajstić information content (AvgIpc) is 2.25. The number of nitrogens with one attached hydrogen (secondary N) is 1. The summed E-state index contributed by atoms with van der Waals surface area (Å²) in [6, 6.07) is 7.80. The number of amidine groups is 1. The van der Waals surface area contributed by atoms with Crippen LogP contribution >= 0.6 is 0 Å². The lowest BCUT2D eigenvalue weighted by Crippen LogP contribution is -2.26. The second-order valence-electron chi connectivity index (χ2n) is 5.66. The molecule has 0 aliphatic rings. The first kappa shape index (κ1) is 13.6. The molecule has 0 atom stereocenters. The van der Waals surface area contributed by atoms with Gasteiger partial charge in [0, 0.05) is 24.8 Å². The van der Waals surface area contributed by atoms with Gasteiger partial charge in [-0.3, -0.25) is 5.41 Å². The number of nitrogen functional groups attached to an aromatic ring is 1. The van der Waals surface area contributed by atoms with Crippen molar-refractivity contribution in [2.75, 3.05) is 18.5 Å². The van der Waals surface area contributed by atoms with Gasteiger partial charge in [-0.2, -0.15) is 0 Å². The summed E-state index contributed by atoms with van der Waals surface area (Å²) in [4.78, 5) is 2.17. The number of hydrogen-bond acceptors (Lipinski definition) is 2. The molecular formula is C14H23N3. The molecule has 0 amide bonds. The summed E-state index contributed by atoms with van der Waals surface area (Å²) < 4.78 is 0. The zero-order valence-corrected chi connectivity index (χ0v) is 11.2. The van der Waals surface area contributed by atoms with E-state index in [1.807, 2.05) is 31.3 Å². The van der Waals surface area contributed by atoms with Crippen LogP contribution in [0.1, 0.15) is 32.8 Å². The van der Waals surface area contributed by atoms with Crippen LogP contribution in [0.5, 0.6) is 0 Å². The Labute approximate surface area is 104 Å². The largest absolute Gasteiger partial charge is 0.384 e. The van der Waals surface area contributed by atoms with Gasteiger partial charge in [0.1, 0.15) is 5.84 Å². The molecule has 1 aromatic carbocycles. The van der Waals surface area contributed by atoms with Gasteiger partial charge in [-0.25, -0.2) is 0 Å². The Morgan fingerprint density at radius 2 is 1.88 bits per heavy atom. The Morgan fingerprint density at radius 1 is 1.29 bits per heavy atom. The molecule has 1 aromatic rings. The van der Waals surface area contributed by atoms with E-state index >= 15 is 0 Å². The molecule has 3 N–H and O–H groups in total. The topological polar surface area (TPSA) is 53.1 Å². The third kappa shape index (κ3) is 4.10. The van der Waals surface area contributed by atoms with Crippen molar-refractivity contribution in [3.63, 3.8) is 0 Å². The summed E-state index contributed by atoms with van der Waals surface area (Å²) in [6.45, 7) is 7.67. The van der Waals surface area contributed by atoms with Crippen LogP contribution in [0.2, 0.25) is 0 Å². The van der Waals surface area contributed by atoms with Gasteiger partial charge in [-0.05, 0) is 24.0 Å². The fraction of sp³-hybridized carbons (Fsp3) is 0.500. The molecule has 0 saturated heterocycles. The van der Waals surface area contributed by atoms with E-state index < -0.39 is 0 Å². The van der Waals surface area contributed by atoms with Gasteiger partial charge in [0.15, 0.2) is 0 Å². The lowest BCUT2D eigenvalue weighted by molar-refractivity contribution is 0.381. The van der Waals surface area contributed by atoms with Crippen LogP contribution in [0.25, 0.3) is 0 Å². The maximum absolute atomic E-state index is 7.58. The quantitative estimate of drug-likeness (QED) is 0.620. The summed E-state index contributed by atoms with van der Waals surface area (Å²) in [6.07, 6.45) is 1.11. The van der Waals surface area contributed by atoms with Gasteiger partial charge in [-0.1, -0.05) is 32.9 Å². The highest BCUT2D eigenvalue weighted by Crippen LogP contribution is 2.23. The molecule has 0 spiro atoms. The first-order valence-electron chi connectivity index (χ1n) is 5.96. The van der Waals surface area contributed by atoms with Crippen LogP contribution in [-0.4, -0.2) is 19.4 Å². The van der Waals surface area contributed by atoms with Crippen LogP contribution in [-0.2, 0) is 0 Å². The van der Waals surface area contributed by atoms with Gasteiger partial charge in [0.25, 0.3) is 0 Å². The number of para-hydroxylation sites is 1. The number of nitrogens with two attached hydrogens (primary N) is 1. The van der Waals surface area contributed by atoms with E-state index in [0.29, 0.717) is 5.41 Å². The zero-order chi connectivity index (χ0) is 13.1. The van der Waals surface area contributed by atoms with Crippen molar-refractivity contribution in [3.05, 3.63) is 29.8 Å². The average molecular weight is 233 g/mol. The number of nitrogens with zero attached hydrogens (tertiary/aromatic N) is 1. The molecule has 0 aliphatic heterocycles. The molecule has 3 heteroatoms. The van der Waals surface area contributed by atoms with Crippen molar-refractivity contribution in [3.8, 4) is 0 Å². The molecule has 0 unspecified atom stereocenters. The maximum Gasteiger partial charge on any atom is 0.124 e. The number of benzene rings is 1. The van der Waals surface area contributed by atoms with Gasteiger partial charge < -0.3 is 10.6 Å². The molecule has 17 heavy (non-hydrogen) atoms. The van der Waals surface area contributed by atoms with E-state index in [-0.39, 0.29) is 5.84 Å². The smallest absolute Gasteiger partial charge is 0.124 e. The fourth-order valence-electron chi connectivity index (χ4n) is 1.66. The third-order valence-corrected chi connectivity index (χ3v) is 2.80. The van der Waals surface area contributed by atoms with Crippen LogP contribution < -0.4 is 10.6 Å². The Hall–Kier alpha value is -1.51. The minimum atomic E-state index is 0.128. The van der Waals surface area contributed by atoms with Crippen LogP contribution in [0.3, 0.4) is 0 Å². The Morgan fingerprint density at radius 3 is 2.41 bits per heavy atom. The number of anilines is 1. The van der Waals surface area contributed by atoms with Crippen molar-refractivity contribution >= 4 is 11.5 Å².